The molecule has 0 aromatic carbocycles. The number of carboxylic acid groups (broad SMARTS) is 1. The molecule has 2 aliphatic heterocycles. The molecule has 2 aromatic rings. The van der Waals surface area contributed by atoms with Crippen molar-refractivity contribution in [1.29, 1.82) is 0 Å². The zero-order valence-corrected chi connectivity index (χ0v) is 23.3. The number of aromatic nitrogens is 4. The number of carbonyl (C=O) groups excluding carboxylic acids is 3. The molecule has 41 heavy (non-hydrogen) atoms. The van der Waals surface area contributed by atoms with Crippen molar-refractivity contribution in [2.45, 2.75) is 23.1 Å². The molecule has 2 amide bonds. The minimum atomic E-state index is -1.36. The molecule has 216 valence electrons. The van der Waals surface area contributed by atoms with E-state index < -0.39 is 40.3 Å². The molecule has 2 aliphatic rings. The fourth-order valence-electron chi connectivity index (χ4n) is 3.75. The number of H-pyrrole nitrogens is 1. The van der Waals surface area contributed by atoms with Gasteiger partial charge in [-0.05, 0) is 17.1 Å². The van der Waals surface area contributed by atoms with Crippen LogP contribution in [-0.4, -0.2) is 90.6 Å². The van der Waals surface area contributed by atoms with Gasteiger partial charge in [0, 0.05) is 11.1 Å². The number of carbonyl (C=O) groups is 4. The van der Waals surface area contributed by atoms with Gasteiger partial charge in [0.25, 0.3) is 18.3 Å². The van der Waals surface area contributed by atoms with Gasteiger partial charge in [0.15, 0.2) is 16.0 Å². The number of anilines is 1. The smallest absolute Gasteiger partial charge is 0.352 e. The zero-order valence-electron chi connectivity index (χ0n) is 20.8. The third-order valence-electron chi connectivity index (χ3n) is 5.52. The lowest BCUT2D eigenvalue weighted by molar-refractivity contribution is -0.150. The van der Waals surface area contributed by atoms with Crippen molar-refractivity contribution < 1.29 is 33.9 Å². The Bertz CT molecular complexity index is 1590. The molecule has 2 aromatic heterocycles. The third kappa shape index (κ3) is 6.18. The number of carboxylic acids is 1. The highest BCUT2D eigenvalue weighted by atomic mass is 32.2. The number of nitrogen functional groups attached to an aromatic ring is 1. The van der Waals surface area contributed by atoms with Crippen LogP contribution in [0.1, 0.15) is 5.69 Å². The number of aliphatic carboxylic acids is 1. The molecule has 1 saturated heterocycles. The molecule has 0 spiro atoms. The van der Waals surface area contributed by atoms with Crippen molar-refractivity contribution in [3.63, 3.8) is 0 Å². The van der Waals surface area contributed by atoms with E-state index in [1.807, 2.05) is 0 Å². The van der Waals surface area contributed by atoms with Gasteiger partial charge in [-0.3, -0.25) is 33.4 Å². The SMILES string of the molecule is CO/N=C(\C(=O)NC1C(=O)N2C(C(=O)O)=C(/C=C/Sc3n[nH]c(=O)c(=O)n3CCOC=O)CSC12)c1csc(N)n1. The Kier molecular flexibility index (Phi) is 9.24. The van der Waals surface area contributed by atoms with Crippen LogP contribution in [0, 0.1) is 0 Å². The molecule has 2 atom stereocenters. The van der Waals surface area contributed by atoms with Crippen LogP contribution in [0.4, 0.5) is 5.13 Å². The van der Waals surface area contributed by atoms with E-state index in [1.165, 1.54) is 35.7 Å². The van der Waals surface area contributed by atoms with Gasteiger partial charge >= 0.3 is 17.1 Å². The number of thioether (sulfide) groups is 2. The second-order valence-corrected chi connectivity index (χ2v) is 10.8. The average molecular weight is 625 g/mol. The first kappa shape index (κ1) is 29.6. The van der Waals surface area contributed by atoms with Crippen LogP contribution in [0.5, 0.6) is 0 Å². The van der Waals surface area contributed by atoms with E-state index in [0.717, 1.165) is 32.6 Å². The molecular weight excluding hydrogens is 604 g/mol. The van der Waals surface area contributed by atoms with E-state index in [2.05, 4.69) is 30.4 Å². The molecule has 0 saturated carbocycles. The minimum absolute atomic E-state index is 0.0531. The van der Waals surface area contributed by atoms with E-state index in [9.17, 15) is 33.9 Å². The Morgan fingerprint density at radius 3 is 2.83 bits per heavy atom. The van der Waals surface area contributed by atoms with Crippen LogP contribution >= 0.6 is 34.9 Å². The van der Waals surface area contributed by atoms with Crippen LogP contribution in [0.3, 0.4) is 0 Å². The predicted octanol–water partition coefficient (Wildman–Crippen LogP) is -1.46. The highest BCUT2D eigenvalue weighted by Gasteiger charge is 2.54. The number of hydrogen-bond acceptors (Lipinski definition) is 15. The Morgan fingerprint density at radius 1 is 1.39 bits per heavy atom. The number of nitrogens with zero attached hydrogens (tertiary/aromatic N) is 5. The molecule has 0 bridgehead atoms. The number of oxime groups is 1. The topological polar surface area (TPSA) is 241 Å². The van der Waals surface area contributed by atoms with Crippen LogP contribution in [-0.2, 0) is 35.3 Å². The highest BCUT2D eigenvalue weighted by Crippen LogP contribution is 2.41. The molecule has 2 unspecified atom stereocenters. The van der Waals surface area contributed by atoms with Crippen molar-refractivity contribution in [2.24, 2.45) is 5.16 Å². The molecule has 4 heterocycles. The Morgan fingerprint density at radius 2 is 2.17 bits per heavy atom. The minimum Gasteiger partial charge on any atom is -0.477 e. The first-order chi connectivity index (χ1) is 19.7. The maximum absolute atomic E-state index is 13.0. The molecule has 1 fully saturated rings. The standard InChI is InChI=1S/C21H20N8O9S3/c1-37-27-11(10-7-41-20(22)23-10)14(31)24-12-16(33)29-13(19(35)36)9(6-40-18(12)29)2-5-39-21-26-25-15(32)17(34)28(21)3-4-38-8-30/h2,5,7-8,12,18H,3-4,6H2,1H3,(H2,22,23)(H,24,31)(H,25,32)(H,35,36)/b5-2+,27-11-. The summed E-state index contributed by atoms with van der Waals surface area (Å²) in [6.07, 6.45) is 1.44. The average Bonchev–Trinajstić information content (AvgIpc) is 3.38. The number of nitrogens with two attached hydrogens (primary N) is 1. The summed E-state index contributed by atoms with van der Waals surface area (Å²) >= 11 is 3.20. The van der Waals surface area contributed by atoms with Crippen molar-refractivity contribution in [1.82, 2.24) is 30.0 Å². The number of fused-ring (bicyclic) bond motifs is 1. The fourth-order valence-corrected chi connectivity index (χ4v) is 6.37. The predicted molar refractivity (Wildman–Crippen MR) is 146 cm³/mol. The van der Waals surface area contributed by atoms with Gasteiger partial charge in [0.05, 0.1) is 6.54 Å². The molecule has 5 N–H and O–H groups in total. The molecule has 0 radical (unpaired) electrons. The Labute approximate surface area is 241 Å². The summed E-state index contributed by atoms with van der Waals surface area (Å²) in [7, 11) is 1.24. The van der Waals surface area contributed by atoms with Crippen LogP contribution in [0.25, 0.3) is 0 Å². The lowest BCUT2D eigenvalue weighted by Gasteiger charge is -2.49. The fraction of sp³-hybridized carbons (Fsp3) is 0.286. The maximum Gasteiger partial charge on any atom is 0.352 e. The number of nitrogens with one attached hydrogen (secondary N) is 2. The number of ether oxygens (including phenoxy) is 1. The van der Waals surface area contributed by atoms with Crippen molar-refractivity contribution in [3.05, 3.63) is 54.5 Å². The van der Waals surface area contributed by atoms with Gasteiger partial charge < -0.3 is 25.7 Å². The molecule has 4 rings (SSSR count). The van der Waals surface area contributed by atoms with Gasteiger partial charge in [-0.2, -0.15) is 0 Å². The first-order valence-electron chi connectivity index (χ1n) is 11.3. The number of hydrogen-bond donors (Lipinski definition) is 4. The number of β-lactam (4-membered cyclic amide) rings is 1. The van der Waals surface area contributed by atoms with Gasteiger partial charge in [-0.15, -0.1) is 28.2 Å². The number of amides is 2. The number of rotatable bonds is 12. The van der Waals surface area contributed by atoms with Gasteiger partial charge in [0.1, 0.15) is 36.5 Å². The summed E-state index contributed by atoms with van der Waals surface area (Å²) in [4.78, 5) is 82.1. The summed E-state index contributed by atoms with van der Waals surface area (Å²) in [6, 6.07) is -1.03. The molecular formula is C21H20N8O9S3. The second kappa shape index (κ2) is 12.8. The molecule has 17 nitrogen and oxygen atoms in total. The Hall–Kier alpha value is -4.43. The zero-order chi connectivity index (χ0) is 29.7. The summed E-state index contributed by atoms with van der Waals surface area (Å²) in [5, 5.41) is 24.5. The lowest BCUT2D eigenvalue weighted by Crippen LogP contribution is -2.71. The van der Waals surface area contributed by atoms with Crippen molar-refractivity contribution in [3.8, 4) is 0 Å². The van der Waals surface area contributed by atoms with Gasteiger partial charge in [-0.25, -0.2) is 14.9 Å². The van der Waals surface area contributed by atoms with Gasteiger partial charge in [0.2, 0.25) is 0 Å². The van der Waals surface area contributed by atoms with Crippen molar-refractivity contribution >= 4 is 70.0 Å². The monoisotopic (exact) mass is 624 g/mol. The van der Waals surface area contributed by atoms with Crippen molar-refractivity contribution in [2.75, 3.05) is 25.2 Å². The normalized spacial score (nSPS) is 18.6. The lowest BCUT2D eigenvalue weighted by atomic mass is 10.0. The summed E-state index contributed by atoms with van der Waals surface area (Å²) in [5.74, 6) is -2.59. The molecule has 20 heteroatoms. The van der Waals surface area contributed by atoms with E-state index in [-0.39, 0.29) is 58.3 Å². The summed E-state index contributed by atoms with van der Waals surface area (Å²) < 4.78 is 5.58. The number of aromatic amines is 1. The van der Waals surface area contributed by atoms with Gasteiger partial charge in [-0.1, -0.05) is 16.9 Å². The van der Waals surface area contributed by atoms with E-state index in [0.29, 0.717) is 0 Å². The summed E-state index contributed by atoms with van der Waals surface area (Å²) in [5.41, 5.74) is 3.71. The quantitative estimate of drug-likeness (QED) is 0.0401. The third-order valence-corrected chi connectivity index (χ3v) is 8.29. The Balaban J connectivity index is 1.51. The first-order valence-corrected chi connectivity index (χ1v) is 14.1. The van der Waals surface area contributed by atoms with E-state index in [4.69, 9.17) is 10.6 Å². The number of thiazole rings is 1. The van der Waals surface area contributed by atoms with Crippen LogP contribution in [0.15, 0.2) is 48.0 Å². The van der Waals surface area contributed by atoms with E-state index in [1.54, 1.807) is 0 Å². The maximum atomic E-state index is 13.0. The second-order valence-electron chi connectivity index (χ2n) is 7.91. The van der Waals surface area contributed by atoms with Crippen LogP contribution < -0.4 is 22.2 Å². The molecule has 0 aliphatic carbocycles. The highest BCUT2D eigenvalue weighted by molar-refractivity contribution is 8.02. The van der Waals surface area contributed by atoms with E-state index >= 15 is 0 Å². The van der Waals surface area contributed by atoms with Crippen LogP contribution in [0.2, 0.25) is 0 Å². The number of allylic oxidation sites excluding steroid dienone is 1. The summed E-state index contributed by atoms with van der Waals surface area (Å²) in [6.45, 7) is -0.112. The largest absolute Gasteiger partial charge is 0.477 e.